The van der Waals surface area contributed by atoms with E-state index in [1.54, 1.807) is 0 Å². The number of fused-ring (bicyclic) bond motifs is 2. The highest BCUT2D eigenvalue weighted by molar-refractivity contribution is 6.06. The highest BCUT2D eigenvalue weighted by Crippen LogP contribution is 2.42. The number of carbonyl (C=O) groups excluding carboxylic acids is 7. The van der Waals surface area contributed by atoms with Gasteiger partial charge in [-0.2, -0.15) is 0 Å². The molecule has 2 aromatic rings. The van der Waals surface area contributed by atoms with Crippen LogP contribution in [0.5, 0.6) is 17.2 Å². The standard InChI is InChI=1S/C43H51N3O20/c1-21-15-29-40(54)46(28-18-32(60-13-8-9-33(50)51)31(58-6)17-26(28)39(53)45(29)19-21)43(56)61-20-25-10-11-30(27(16-25)38(52)44-12-14-57-5)65-42-37(64-24(4)49)35(63-23(3)48)34(62-22(2)47)36(66-42)41(55)59-7/h10-11,16-18,29,34-37,40,42,54H,1,8-9,12-15,19-20H2,2-7H3,(H,44,52)(H,50,51)/t29-,34-,35-,36-,37+,40?,42+/m0/s1. The number of amides is 3. The average molecular weight is 930 g/mol. The summed E-state index contributed by atoms with van der Waals surface area (Å²) in [6.07, 6.45) is -11.4. The van der Waals surface area contributed by atoms with E-state index in [4.69, 9.17) is 52.5 Å². The number of carboxylic acid groups (broad SMARTS) is 1. The molecular formula is C43H51N3O20. The van der Waals surface area contributed by atoms with Crippen molar-refractivity contribution in [2.24, 2.45) is 0 Å². The number of aliphatic hydroxyl groups is 1. The van der Waals surface area contributed by atoms with Crippen LogP contribution in [0.3, 0.4) is 0 Å². The number of nitrogens with zero attached hydrogens (tertiary/aromatic N) is 2. The number of aliphatic carboxylic acids is 1. The summed E-state index contributed by atoms with van der Waals surface area (Å²) in [6, 6.07) is 5.65. The van der Waals surface area contributed by atoms with Crippen molar-refractivity contribution in [3.8, 4) is 17.2 Å². The summed E-state index contributed by atoms with van der Waals surface area (Å²) in [5.74, 6) is -6.30. The van der Waals surface area contributed by atoms with Gasteiger partial charge >= 0.3 is 35.9 Å². The Bertz CT molecular complexity index is 2210. The lowest BCUT2D eigenvalue weighted by Crippen LogP contribution is -2.64. The molecule has 2 saturated heterocycles. The number of anilines is 1. The van der Waals surface area contributed by atoms with Crippen molar-refractivity contribution in [1.29, 1.82) is 0 Å². The molecule has 0 aromatic heterocycles. The zero-order chi connectivity index (χ0) is 48.4. The van der Waals surface area contributed by atoms with Crippen molar-refractivity contribution in [1.82, 2.24) is 10.2 Å². The number of ether oxygens (including phenoxy) is 10. The number of hydrogen-bond acceptors (Lipinski definition) is 19. The van der Waals surface area contributed by atoms with Gasteiger partial charge in [0, 0.05) is 53.5 Å². The first-order chi connectivity index (χ1) is 31.4. The first kappa shape index (κ1) is 50.0. The lowest BCUT2D eigenvalue weighted by atomic mass is 9.97. The lowest BCUT2D eigenvalue weighted by molar-refractivity contribution is -0.282. The molecule has 1 unspecified atom stereocenters. The van der Waals surface area contributed by atoms with Crippen LogP contribution < -0.4 is 24.4 Å². The zero-order valence-electron chi connectivity index (χ0n) is 36.9. The number of aliphatic hydroxyl groups excluding tert-OH is 1. The minimum absolute atomic E-state index is 0.0125. The average Bonchev–Trinajstić information content (AvgIpc) is 3.64. The summed E-state index contributed by atoms with van der Waals surface area (Å²) < 4.78 is 55.1. The molecule has 0 saturated carbocycles. The molecule has 0 spiro atoms. The van der Waals surface area contributed by atoms with Gasteiger partial charge in [-0.1, -0.05) is 18.2 Å². The minimum atomic E-state index is -1.83. The summed E-state index contributed by atoms with van der Waals surface area (Å²) in [7, 11) is 3.76. The largest absolute Gasteiger partial charge is 0.493 e. The Kier molecular flexibility index (Phi) is 16.9. The van der Waals surface area contributed by atoms with E-state index in [1.807, 2.05) is 0 Å². The fraction of sp³-hybridized carbons (Fsp3) is 0.488. The van der Waals surface area contributed by atoms with Crippen LogP contribution in [0.1, 0.15) is 66.3 Å². The Hall–Kier alpha value is -6.98. The minimum Gasteiger partial charge on any atom is -0.493 e. The van der Waals surface area contributed by atoms with E-state index in [0.717, 1.165) is 32.8 Å². The van der Waals surface area contributed by atoms with Crippen LogP contribution in [0.15, 0.2) is 42.5 Å². The van der Waals surface area contributed by atoms with Gasteiger partial charge in [0.25, 0.3) is 11.8 Å². The van der Waals surface area contributed by atoms with Crippen molar-refractivity contribution in [3.05, 3.63) is 59.2 Å². The van der Waals surface area contributed by atoms with Crippen LogP contribution in [0, 0.1) is 0 Å². The predicted molar refractivity (Wildman–Crippen MR) is 221 cm³/mol. The van der Waals surface area contributed by atoms with Gasteiger partial charge < -0.3 is 67.8 Å². The second-order valence-electron chi connectivity index (χ2n) is 15.0. The number of hydrogen-bond donors (Lipinski definition) is 3. The van der Waals surface area contributed by atoms with Crippen LogP contribution in [0.4, 0.5) is 10.5 Å². The molecule has 3 aliphatic heterocycles. The van der Waals surface area contributed by atoms with Crippen molar-refractivity contribution in [2.45, 2.75) is 89.6 Å². The number of esters is 4. The topological polar surface area (TPSA) is 288 Å². The Morgan fingerprint density at radius 3 is 2.20 bits per heavy atom. The highest BCUT2D eigenvalue weighted by Gasteiger charge is 2.56. The third-order valence-corrected chi connectivity index (χ3v) is 10.2. The Balaban J connectivity index is 1.50. The van der Waals surface area contributed by atoms with E-state index in [0.29, 0.717) is 5.57 Å². The van der Waals surface area contributed by atoms with Gasteiger partial charge in [-0.25, -0.2) is 14.5 Å². The van der Waals surface area contributed by atoms with E-state index in [-0.39, 0.29) is 85.2 Å². The number of nitrogens with one attached hydrogen (secondary N) is 1. The third-order valence-electron chi connectivity index (χ3n) is 10.2. The third kappa shape index (κ3) is 11.8. The Morgan fingerprint density at radius 1 is 0.879 bits per heavy atom. The SMILES string of the molecule is C=C1C[C@H]2C(O)N(C(=O)OCc3ccc(O[C@@H]4O[C@H](C(=O)OC)[C@@H](OC(C)=O)[C@H](OC(C)=O)[C@H]4OC(C)=O)c(C(=O)NCCOC)c3)c3cc(OCCCC(=O)O)c(OC)cc3C(=O)N2C1. The molecule has 358 valence electrons. The molecule has 5 rings (SSSR count). The van der Waals surface area contributed by atoms with Crippen LogP contribution in [0.2, 0.25) is 0 Å². The van der Waals surface area contributed by atoms with Crippen LogP contribution in [0.25, 0.3) is 0 Å². The van der Waals surface area contributed by atoms with E-state index >= 15 is 0 Å². The predicted octanol–water partition coefficient (Wildman–Crippen LogP) is 1.63. The van der Waals surface area contributed by atoms with Crippen molar-refractivity contribution < 1.29 is 95.9 Å². The molecule has 23 nitrogen and oxygen atoms in total. The maximum atomic E-state index is 14.2. The zero-order valence-corrected chi connectivity index (χ0v) is 36.9. The van der Waals surface area contributed by atoms with E-state index in [2.05, 4.69) is 11.9 Å². The molecule has 2 aromatic carbocycles. The number of methoxy groups -OCH3 is 3. The quantitative estimate of drug-likeness (QED) is 0.0829. The van der Waals surface area contributed by atoms with Crippen molar-refractivity contribution in [3.63, 3.8) is 0 Å². The molecule has 23 heteroatoms. The second kappa shape index (κ2) is 22.3. The first-order valence-corrected chi connectivity index (χ1v) is 20.4. The molecule has 3 N–H and O–H groups in total. The molecule has 0 radical (unpaired) electrons. The monoisotopic (exact) mass is 929 g/mol. The molecule has 7 atom stereocenters. The molecule has 3 heterocycles. The maximum absolute atomic E-state index is 14.2. The van der Waals surface area contributed by atoms with Gasteiger partial charge in [-0.3, -0.25) is 28.8 Å². The molecular weight excluding hydrogens is 878 g/mol. The fourth-order valence-corrected chi connectivity index (χ4v) is 7.41. The van der Waals surface area contributed by atoms with Crippen molar-refractivity contribution in [2.75, 3.05) is 52.5 Å². The van der Waals surface area contributed by atoms with Gasteiger partial charge in [-0.05, 0) is 36.6 Å². The number of benzene rings is 2. The molecule has 66 heavy (non-hydrogen) atoms. The van der Waals surface area contributed by atoms with Gasteiger partial charge in [0.15, 0.2) is 36.0 Å². The normalized spacial score (nSPS) is 22.1. The Labute approximate surface area is 377 Å². The molecule has 0 bridgehead atoms. The van der Waals surface area contributed by atoms with Gasteiger partial charge in [-0.15, -0.1) is 0 Å². The van der Waals surface area contributed by atoms with Gasteiger partial charge in [0.05, 0.1) is 50.3 Å². The van der Waals surface area contributed by atoms with E-state index < -0.39 is 97.3 Å². The molecule has 3 aliphatic rings. The fourth-order valence-electron chi connectivity index (χ4n) is 7.41. The van der Waals surface area contributed by atoms with Crippen molar-refractivity contribution >= 4 is 53.4 Å². The maximum Gasteiger partial charge on any atom is 0.416 e. The summed E-state index contributed by atoms with van der Waals surface area (Å²) in [5.41, 5.74) is 0.446. The number of carbonyl (C=O) groups is 8. The van der Waals surface area contributed by atoms with Gasteiger partial charge in [0.2, 0.25) is 12.4 Å². The van der Waals surface area contributed by atoms with Crippen LogP contribution in [-0.2, 0) is 63.7 Å². The Morgan fingerprint density at radius 2 is 1.56 bits per heavy atom. The number of rotatable bonds is 18. The van der Waals surface area contributed by atoms with E-state index in [9.17, 15) is 43.5 Å². The van der Waals surface area contributed by atoms with Gasteiger partial charge in [0.1, 0.15) is 12.4 Å². The second-order valence-corrected chi connectivity index (χ2v) is 15.0. The lowest BCUT2D eigenvalue weighted by Gasteiger charge is -2.43. The summed E-state index contributed by atoms with van der Waals surface area (Å²) in [6.45, 7) is 6.62. The summed E-state index contributed by atoms with van der Waals surface area (Å²) in [4.78, 5) is 105. The highest BCUT2D eigenvalue weighted by atomic mass is 16.7. The van der Waals surface area contributed by atoms with Crippen LogP contribution in [-0.4, -0.2) is 153 Å². The summed E-state index contributed by atoms with van der Waals surface area (Å²) in [5, 5.41) is 23.5. The number of carboxylic acids is 1. The van der Waals surface area contributed by atoms with Crippen LogP contribution >= 0.6 is 0 Å². The van der Waals surface area contributed by atoms with E-state index in [1.165, 1.54) is 49.5 Å². The summed E-state index contributed by atoms with van der Waals surface area (Å²) >= 11 is 0. The molecule has 2 fully saturated rings. The smallest absolute Gasteiger partial charge is 0.416 e. The molecule has 0 aliphatic carbocycles. The molecule has 3 amide bonds. The first-order valence-electron chi connectivity index (χ1n) is 20.4.